The lowest BCUT2D eigenvalue weighted by Gasteiger charge is -2.26. The normalized spacial score (nSPS) is 14.1. The van der Waals surface area contributed by atoms with Crippen molar-refractivity contribution >= 4 is 22.4 Å². The molecule has 7 nitrogen and oxygen atoms in total. The van der Waals surface area contributed by atoms with Gasteiger partial charge in [0, 0.05) is 35.2 Å². The number of aromatic nitrogens is 1. The molecule has 2 aromatic carbocycles. The van der Waals surface area contributed by atoms with E-state index in [9.17, 15) is 4.79 Å². The Morgan fingerprint density at radius 2 is 1.79 bits per heavy atom. The number of thiazole rings is 1. The summed E-state index contributed by atoms with van der Waals surface area (Å²) >= 11 is 1.54. The number of nitrogens with zero attached hydrogens (tertiary/aromatic N) is 2. The topological polar surface area (TPSA) is 72.9 Å². The minimum Gasteiger partial charge on any atom is -0.497 e. The molecule has 174 valence electrons. The summed E-state index contributed by atoms with van der Waals surface area (Å²) in [6.45, 7) is 4.61. The molecule has 1 amide bonds. The van der Waals surface area contributed by atoms with E-state index in [-0.39, 0.29) is 5.91 Å². The molecule has 0 aliphatic carbocycles. The van der Waals surface area contributed by atoms with Crippen LogP contribution in [0.3, 0.4) is 0 Å². The minimum absolute atomic E-state index is 0.250. The fourth-order valence-electron chi connectivity index (χ4n) is 3.79. The van der Waals surface area contributed by atoms with Gasteiger partial charge >= 0.3 is 0 Å². The van der Waals surface area contributed by atoms with Crippen molar-refractivity contribution in [3.05, 3.63) is 59.0 Å². The van der Waals surface area contributed by atoms with Gasteiger partial charge in [0.15, 0.2) is 5.13 Å². The largest absolute Gasteiger partial charge is 0.497 e. The summed E-state index contributed by atoms with van der Waals surface area (Å²) in [7, 11) is 3.12. The third-order valence-corrected chi connectivity index (χ3v) is 6.59. The predicted molar refractivity (Wildman–Crippen MR) is 131 cm³/mol. The summed E-state index contributed by atoms with van der Waals surface area (Å²) in [4.78, 5) is 21.4. The molecular weight excluding hydrogens is 438 g/mol. The highest BCUT2D eigenvalue weighted by Gasteiger charge is 2.17. The van der Waals surface area contributed by atoms with E-state index in [2.05, 4.69) is 22.3 Å². The predicted octanol–water partition coefficient (Wildman–Crippen LogP) is 4.34. The fraction of sp³-hybridized carbons (Fsp3) is 0.360. The van der Waals surface area contributed by atoms with Gasteiger partial charge in [0.1, 0.15) is 11.5 Å². The van der Waals surface area contributed by atoms with Gasteiger partial charge in [-0.1, -0.05) is 30.3 Å². The number of nitrogens with one attached hydrogen (secondary N) is 1. The molecule has 1 aromatic heterocycles. The standard InChI is InChI=1S/C25H29N3O4S/c1-30-20-15-19(16-21(17-20)31-2)24(29)27-25-26-23(18-7-4-3-5-8-18)22(33-25)9-6-10-28-11-13-32-14-12-28/h3-5,7-8,15-17H,6,9-14H2,1-2H3,(H,26,27,29). The molecule has 0 bridgehead atoms. The molecule has 1 N–H and O–H groups in total. The number of aryl methyl sites for hydroxylation is 1. The van der Waals surface area contributed by atoms with Crippen LogP contribution in [0.25, 0.3) is 11.3 Å². The van der Waals surface area contributed by atoms with Crippen LogP contribution < -0.4 is 14.8 Å². The van der Waals surface area contributed by atoms with Gasteiger partial charge in [-0.3, -0.25) is 15.0 Å². The summed E-state index contributed by atoms with van der Waals surface area (Å²) in [6, 6.07) is 15.2. The van der Waals surface area contributed by atoms with Crippen LogP contribution >= 0.6 is 11.3 Å². The average Bonchev–Trinajstić information content (AvgIpc) is 3.27. The molecule has 0 spiro atoms. The maximum atomic E-state index is 13.0. The Labute approximate surface area is 198 Å². The van der Waals surface area contributed by atoms with Gasteiger partial charge in [0.2, 0.25) is 0 Å². The van der Waals surface area contributed by atoms with Gasteiger partial charge in [-0.25, -0.2) is 4.98 Å². The van der Waals surface area contributed by atoms with Gasteiger partial charge < -0.3 is 14.2 Å². The second-order valence-corrected chi connectivity index (χ2v) is 8.85. The monoisotopic (exact) mass is 467 g/mol. The van der Waals surface area contributed by atoms with E-state index < -0.39 is 0 Å². The molecule has 0 radical (unpaired) electrons. The summed E-state index contributed by atoms with van der Waals surface area (Å²) in [5.41, 5.74) is 2.44. The van der Waals surface area contributed by atoms with Gasteiger partial charge in [-0.2, -0.15) is 0 Å². The Bertz CT molecular complexity index is 1040. The lowest BCUT2D eigenvalue weighted by Crippen LogP contribution is -2.36. The van der Waals surface area contributed by atoms with Crippen molar-refractivity contribution in [2.75, 3.05) is 52.4 Å². The number of benzene rings is 2. The van der Waals surface area contributed by atoms with Crippen LogP contribution in [0.4, 0.5) is 5.13 Å². The summed E-state index contributed by atoms with van der Waals surface area (Å²) in [6.07, 6.45) is 1.94. The Morgan fingerprint density at radius 3 is 2.45 bits per heavy atom. The smallest absolute Gasteiger partial charge is 0.257 e. The molecule has 2 heterocycles. The molecule has 1 aliphatic rings. The molecule has 0 atom stereocenters. The van der Waals surface area contributed by atoms with E-state index in [1.54, 1.807) is 32.4 Å². The molecular formula is C25H29N3O4S. The number of rotatable bonds is 9. The number of amides is 1. The van der Waals surface area contributed by atoms with Crippen molar-refractivity contribution in [2.45, 2.75) is 12.8 Å². The van der Waals surface area contributed by atoms with Crippen molar-refractivity contribution in [1.82, 2.24) is 9.88 Å². The van der Waals surface area contributed by atoms with Gasteiger partial charge in [-0.05, 0) is 31.5 Å². The zero-order chi connectivity index (χ0) is 23.0. The first-order valence-electron chi connectivity index (χ1n) is 11.1. The maximum Gasteiger partial charge on any atom is 0.257 e. The second-order valence-electron chi connectivity index (χ2n) is 7.77. The number of hydrogen-bond acceptors (Lipinski definition) is 7. The third-order valence-electron chi connectivity index (χ3n) is 5.56. The molecule has 3 aromatic rings. The van der Waals surface area contributed by atoms with Gasteiger partial charge in [0.05, 0.1) is 33.1 Å². The van der Waals surface area contributed by atoms with Crippen LogP contribution in [0.5, 0.6) is 11.5 Å². The Kier molecular flexibility index (Phi) is 7.93. The van der Waals surface area contributed by atoms with E-state index in [4.69, 9.17) is 19.2 Å². The number of hydrogen-bond donors (Lipinski definition) is 1. The van der Waals surface area contributed by atoms with Crippen LogP contribution in [-0.4, -0.2) is 62.9 Å². The summed E-state index contributed by atoms with van der Waals surface area (Å²) in [5.74, 6) is 0.875. The first kappa shape index (κ1) is 23.2. The minimum atomic E-state index is -0.250. The Hall–Kier alpha value is -2.94. The van der Waals surface area contributed by atoms with Crippen molar-refractivity contribution in [2.24, 2.45) is 0 Å². The number of methoxy groups -OCH3 is 2. The second kappa shape index (κ2) is 11.3. The Morgan fingerprint density at radius 1 is 1.09 bits per heavy atom. The lowest BCUT2D eigenvalue weighted by atomic mass is 10.1. The number of ether oxygens (including phenoxy) is 3. The zero-order valence-corrected chi connectivity index (χ0v) is 19.8. The SMILES string of the molecule is COc1cc(OC)cc(C(=O)Nc2nc(-c3ccccc3)c(CCCN3CCOCC3)s2)c1. The van der Waals surface area contributed by atoms with Crippen LogP contribution in [0.2, 0.25) is 0 Å². The van der Waals surface area contributed by atoms with Gasteiger partial charge in [0.25, 0.3) is 5.91 Å². The van der Waals surface area contributed by atoms with Gasteiger partial charge in [-0.15, -0.1) is 11.3 Å². The van der Waals surface area contributed by atoms with Crippen molar-refractivity contribution in [3.8, 4) is 22.8 Å². The lowest BCUT2D eigenvalue weighted by molar-refractivity contribution is 0.0375. The third kappa shape index (κ3) is 6.10. The van der Waals surface area contributed by atoms with E-state index in [0.717, 1.165) is 56.9 Å². The first-order chi connectivity index (χ1) is 16.2. The van der Waals surface area contributed by atoms with Crippen molar-refractivity contribution in [3.63, 3.8) is 0 Å². The first-order valence-corrected chi connectivity index (χ1v) is 11.9. The highest BCUT2D eigenvalue weighted by molar-refractivity contribution is 7.16. The van der Waals surface area contributed by atoms with Crippen LogP contribution in [-0.2, 0) is 11.2 Å². The molecule has 8 heteroatoms. The molecule has 1 saturated heterocycles. The highest BCUT2D eigenvalue weighted by Crippen LogP contribution is 2.33. The number of carbonyl (C=O) groups excluding carboxylic acids is 1. The molecule has 0 unspecified atom stereocenters. The molecule has 33 heavy (non-hydrogen) atoms. The quantitative estimate of drug-likeness (QED) is 0.505. The Balaban J connectivity index is 1.51. The van der Waals surface area contributed by atoms with E-state index in [0.29, 0.717) is 22.2 Å². The summed E-state index contributed by atoms with van der Waals surface area (Å²) < 4.78 is 16.0. The van der Waals surface area contributed by atoms with Crippen LogP contribution in [0, 0.1) is 0 Å². The maximum absolute atomic E-state index is 13.0. The van der Waals surface area contributed by atoms with E-state index in [1.165, 1.54) is 16.2 Å². The van der Waals surface area contributed by atoms with E-state index >= 15 is 0 Å². The molecule has 1 aliphatic heterocycles. The van der Waals surface area contributed by atoms with Crippen LogP contribution in [0.1, 0.15) is 21.7 Å². The van der Waals surface area contributed by atoms with Crippen LogP contribution in [0.15, 0.2) is 48.5 Å². The van der Waals surface area contributed by atoms with Crippen molar-refractivity contribution in [1.29, 1.82) is 0 Å². The zero-order valence-electron chi connectivity index (χ0n) is 19.0. The average molecular weight is 468 g/mol. The number of anilines is 1. The van der Waals surface area contributed by atoms with E-state index in [1.807, 2.05) is 18.2 Å². The number of morpholine rings is 1. The molecule has 0 saturated carbocycles. The molecule has 4 rings (SSSR count). The highest BCUT2D eigenvalue weighted by atomic mass is 32.1. The number of carbonyl (C=O) groups is 1. The summed E-state index contributed by atoms with van der Waals surface area (Å²) in [5, 5.41) is 3.55. The van der Waals surface area contributed by atoms with Crippen molar-refractivity contribution < 1.29 is 19.0 Å². The molecule has 1 fully saturated rings. The fourth-order valence-corrected chi connectivity index (χ4v) is 4.81.